The highest BCUT2D eigenvalue weighted by Gasteiger charge is 2.16. The first-order chi connectivity index (χ1) is 11.5. The SMILES string of the molecule is CO/N=C(C)/C(C)=N/OCc1ccccc1/C(=N\OC)C(=N)OC. The summed E-state index contributed by atoms with van der Waals surface area (Å²) in [5, 5.41) is 19.5. The van der Waals surface area contributed by atoms with Crippen molar-refractivity contribution in [3.8, 4) is 0 Å². The maximum atomic E-state index is 7.85. The van der Waals surface area contributed by atoms with E-state index in [1.807, 2.05) is 18.2 Å². The van der Waals surface area contributed by atoms with Crippen LogP contribution < -0.4 is 0 Å². The summed E-state index contributed by atoms with van der Waals surface area (Å²) in [6, 6.07) is 7.34. The van der Waals surface area contributed by atoms with Crippen molar-refractivity contribution in [1.29, 1.82) is 5.41 Å². The molecule has 0 saturated carbocycles. The average Bonchev–Trinajstić information content (AvgIpc) is 2.59. The second-order valence-electron chi connectivity index (χ2n) is 4.62. The van der Waals surface area contributed by atoms with Crippen molar-refractivity contribution in [2.75, 3.05) is 21.3 Å². The Kier molecular flexibility index (Phi) is 7.97. The van der Waals surface area contributed by atoms with Crippen LogP contribution in [0.15, 0.2) is 39.7 Å². The molecule has 0 atom stereocenters. The van der Waals surface area contributed by atoms with Gasteiger partial charge in [0.1, 0.15) is 32.2 Å². The van der Waals surface area contributed by atoms with Gasteiger partial charge in [-0.15, -0.1) is 0 Å². The number of nitrogens with one attached hydrogen (secondary N) is 1. The van der Waals surface area contributed by atoms with Gasteiger partial charge in [0.15, 0.2) is 5.71 Å². The van der Waals surface area contributed by atoms with E-state index in [4.69, 9.17) is 24.7 Å². The molecule has 1 N–H and O–H groups in total. The zero-order valence-corrected chi connectivity index (χ0v) is 14.5. The van der Waals surface area contributed by atoms with Crippen molar-refractivity contribution < 1.29 is 19.2 Å². The summed E-state index contributed by atoms with van der Waals surface area (Å²) in [6.45, 7) is 3.72. The zero-order valence-electron chi connectivity index (χ0n) is 14.5. The lowest BCUT2D eigenvalue weighted by Gasteiger charge is -2.11. The van der Waals surface area contributed by atoms with Gasteiger partial charge in [-0.25, -0.2) is 0 Å². The monoisotopic (exact) mass is 334 g/mol. The van der Waals surface area contributed by atoms with Crippen LogP contribution in [0, 0.1) is 5.41 Å². The van der Waals surface area contributed by atoms with Gasteiger partial charge in [0.05, 0.1) is 7.11 Å². The minimum atomic E-state index is -0.105. The molecule has 0 bridgehead atoms. The topological polar surface area (TPSA) is 97.9 Å². The third-order valence-electron chi connectivity index (χ3n) is 3.05. The van der Waals surface area contributed by atoms with Crippen LogP contribution in [0.4, 0.5) is 0 Å². The van der Waals surface area contributed by atoms with E-state index in [9.17, 15) is 0 Å². The van der Waals surface area contributed by atoms with E-state index in [0.29, 0.717) is 17.0 Å². The molecule has 0 aliphatic carbocycles. The second-order valence-corrected chi connectivity index (χ2v) is 4.62. The molecule has 1 rings (SSSR count). The van der Waals surface area contributed by atoms with Crippen LogP contribution in [-0.2, 0) is 25.9 Å². The van der Waals surface area contributed by atoms with Crippen LogP contribution >= 0.6 is 0 Å². The predicted molar refractivity (Wildman–Crippen MR) is 92.7 cm³/mol. The molecule has 0 spiro atoms. The van der Waals surface area contributed by atoms with E-state index in [1.165, 1.54) is 21.3 Å². The van der Waals surface area contributed by atoms with Crippen LogP contribution in [0.5, 0.6) is 0 Å². The quantitative estimate of drug-likeness (QED) is 0.449. The first kappa shape index (κ1) is 19.1. The number of nitrogens with zero attached hydrogens (tertiary/aromatic N) is 3. The van der Waals surface area contributed by atoms with Gasteiger partial charge in [0.2, 0.25) is 5.90 Å². The van der Waals surface area contributed by atoms with Gasteiger partial charge in [0.25, 0.3) is 0 Å². The van der Waals surface area contributed by atoms with Gasteiger partial charge in [-0.05, 0) is 13.8 Å². The number of hydrogen-bond acceptors (Lipinski definition) is 8. The lowest BCUT2D eigenvalue weighted by Crippen LogP contribution is -2.18. The third kappa shape index (κ3) is 5.38. The maximum absolute atomic E-state index is 7.85. The molecule has 0 heterocycles. The van der Waals surface area contributed by atoms with Crippen LogP contribution in [0.2, 0.25) is 0 Å². The molecule has 0 fully saturated rings. The predicted octanol–water partition coefficient (Wildman–Crippen LogP) is 2.58. The largest absolute Gasteiger partial charge is 0.480 e. The number of ether oxygens (including phenoxy) is 1. The fourth-order valence-electron chi connectivity index (χ4n) is 1.75. The van der Waals surface area contributed by atoms with Crippen molar-refractivity contribution >= 4 is 23.0 Å². The summed E-state index contributed by atoms with van der Waals surface area (Å²) in [7, 11) is 4.28. The first-order valence-electron chi connectivity index (χ1n) is 7.12. The normalized spacial score (nSPS) is 12.6. The van der Waals surface area contributed by atoms with E-state index in [2.05, 4.69) is 15.5 Å². The smallest absolute Gasteiger partial charge is 0.236 e. The highest BCUT2D eigenvalue weighted by Crippen LogP contribution is 2.13. The van der Waals surface area contributed by atoms with E-state index < -0.39 is 0 Å². The number of rotatable bonds is 8. The summed E-state index contributed by atoms with van der Waals surface area (Å²) in [6.07, 6.45) is 0. The van der Waals surface area contributed by atoms with Crippen LogP contribution in [0.1, 0.15) is 25.0 Å². The molecule has 0 radical (unpaired) electrons. The lowest BCUT2D eigenvalue weighted by atomic mass is 10.0. The van der Waals surface area contributed by atoms with Crippen molar-refractivity contribution in [3.05, 3.63) is 35.4 Å². The van der Waals surface area contributed by atoms with Crippen LogP contribution in [-0.4, -0.2) is 44.4 Å². The molecule has 0 aliphatic rings. The van der Waals surface area contributed by atoms with Crippen LogP contribution in [0.25, 0.3) is 0 Å². The van der Waals surface area contributed by atoms with Gasteiger partial charge in [-0.2, -0.15) is 0 Å². The van der Waals surface area contributed by atoms with E-state index >= 15 is 0 Å². The highest BCUT2D eigenvalue weighted by molar-refractivity contribution is 6.44. The van der Waals surface area contributed by atoms with Crippen LogP contribution in [0.3, 0.4) is 0 Å². The minimum Gasteiger partial charge on any atom is -0.480 e. The maximum Gasteiger partial charge on any atom is 0.236 e. The fraction of sp³-hybridized carbons (Fsp3) is 0.375. The molecule has 0 aliphatic heterocycles. The Morgan fingerprint density at radius 1 is 0.958 bits per heavy atom. The number of hydrogen-bond donors (Lipinski definition) is 1. The summed E-state index contributed by atoms with van der Waals surface area (Å²) in [5.74, 6) is -0.105. The molecule has 1 aromatic rings. The fourth-order valence-corrected chi connectivity index (χ4v) is 1.75. The Balaban J connectivity index is 2.99. The molecular formula is C16H22N4O4. The Morgan fingerprint density at radius 2 is 1.58 bits per heavy atom. The number of benzene rings is 1. The van der Waals surface area contributed by atoms with Crippen molar-refractivity contribution in [2.45, 2.75) is 20.5 Å². The van der Waals surface area contributed by atoms with Gasteiger partial charge in [-0.3, -0.25) is 5.41 Å². The van der Waals surface area contributed by atoms with Gasteiger partial charge in [-0.1, -0.05) is 39.7 Å². The third-order valence-corrected chi connectivity index (χ3v) is 3.05. The van der Waals surface area contributed by atoms with E-state index in [0.717, 1.165) is 5.56 Å². The summed E-state index contributed by atoms with van der Waals surface area (Å²) in [4.78, 5) is 14.9. The van der Waals surface area contributed by atoms with Crippen molar-refractivity contribution in [3.63, 3.8) is 0 Å². The standard InChI is InChI=1S/C16H22N4O4/c1-11(18-22-4)12(2)19-24-10-13-8-6-7-9-14(13)15(20-23-5)16(17)21-3/h6-9,17H,10H2,1-5H3/b17-16?,18-11+,19-12+,20-15+. The minimum absolute atomic E-state index is 0.105. The highest BCUT2D eigenvalue weighted by atomic mass is 16.6. The Morgan fingerprint density at radius 3 is 2.21 bits per heavy atom. The van der Waals surface area contributed by atoms with E-state index in [1.54, 1.807) is 19.9 Å². The number of oxime groups is 3. The molecule has 8 nitrogen and oxygen atoms in total. The molecule has 0 aromatic heterocycles. The average molecular weight is 334 g/mol. The van der Waals surface area contributed by atoms with Crippen molar-refractivity contribution in [2.24, 2.45) is 15.5 Å². The molecule has 1 aromatic carbocycles. The molecule has 24 heavy (non-hydrogen) atoms. The molecule has 0 amide bonds. The summed E-state index contributed by atoms with van der Waals surface area (Å²) in [5.41, 5.74) is 2.95. The summed E-state index contributed by atoms with van der Waals surface area (Å²) < 4.78 is 4.95. The molecule has 0 saturated heterocycles. The lowest BCUT2D eigenvalue weighted by molar-refractivity contribution is 0.130. The molecule has 0 unspecified atom stereocenters. The Hall–Kier alpha value is -2.90. The first-order valence-corrected chi connectivity index (χ1v) is 7.12. The molecular weight excluding hydrogens is 312 g/mol. The number of methoxy groups -OCH3 is 1. The second kappa shape index (κ2) is 9.98. The van der Waals surface area contributed by atoms with Gasteiger partial charge >= 0.3 is 0 Å². The zero-order chi connectivity index (χ0) is 17.9. The summed E-state index contributed by atoms with van der Waals surface area (Å²) >= 11 is 0. The Labute approximate surface area is 141 Å². The van der Waals surface area contributed by atoms with E-state index in [-0.39, 0.29) is 18.2 Å². The van der Waals surface area contributed by atoms with Gasteiger partial charge in [0, 0.05) is 11.1 Å². The molecule has 8 heteroatoms. The molecule has 130 valence electrons. The Bertz CT molecular complexity index is 653. The van der Waals surface area contributed by atoms with Crippen molar-refractivity contribution in [1.82, 2.24) is 0 Å². The van der Waals surface area contributed by atoms with Gasteiger partial charge < -0.3 is 19.2 Å².